The molecule has 9 heteroatoms. The van der Waals surface area contributed by atoms with Gasteiger partial charge >= 0.3 is 0 Å². The fourth-order valence-electron chi connectivity index (χ4n) is 4.47. The van der Waals surface area contributed by atoms with Crippen LogP contribution in [0, 0.1) is 6.92 Å². The van der Waals surface area contributed by atoms with E-state index in [2.05, 4.69) is 18.7 Å². The fourth-order valence-corrected chi connectivity index (χ4v) is 6.05. The molecule has 2 aliphatic rings. The molecule has 2 amide bonds. The van der Waals surface area contributed by atoms with Crippen molar-refractivity contribution in [2.45, 2.75) is 44.0 Å². The highest BCUT2D eigenvalue weighted by molar-refractivity contribution is 7.89. The lowest BCUT2D eigenvalue weighted by molar-refractivity contribution is -0.122. The second-order valence-corrected chi connectivity index (χ2v) is 11.3. The molecule has 2 aromatic rings. The van der Waals surface area contributed by atoms with Crippen LogP contribution in [0.25, 0.3) is 0 Å². The molecule has 8 nitrogen and oxygen atoms in total. The average Bonchev–Trinajstić information content (AvgIpc) is 3.13. The van der Waals surface area contributed by atoms with Crippen molar-refractivity contribution in [3.05, 3.63) is 59.7 Å². The predicted molar refractivity (Wildman–Crippen MR) is 134 cm³/mol. The molecule has 0 bridgehead atoms. The number of sulfonamides is 1. The summed E-state index contributed by atoms with van der Waals surface area (Å²) in [5.74, 6) is -0.588. The van der Waals surface area contributed by atoms with E-state index in [0.717, 1.165) is 16.0 Å². The summed E-state index contributed by atoms with van der Waals surface area (Å²) in [6.07, 6.45) is -0.182. The van der Waals surface area contributed by atoms with E-state index in [1.165, 1.54) is 4.31 Å². The van der Waals surface area contributed by atoms with Gasteiger partial charge in [-0.3, -0.25) is 14.5 Å². The molecule has 2 saturated heterocycles. The molecule has 0 spiro atoms. The molecule has 4 rings (SSSR count). The Labute approximate surface area is 207 Å². The molecule has 35 heavy (non-hydrogen) atoms. The van der Waals surface area contributed by atoms with Gasteiger partial charge in [-0.2, -0.15) is 4.31 Å². The number of anilines is 1. The summed E-state index contributed by atoms with van der Waals surface area (Å²) in [7, 11) is -4.01. The highest BCUT2D eigenvalue weighted by Gasteiger charge is 2.47. The van der Waals surface area contributed by atoms with Crippen LogP contribution in [0.1, 0.15) is 37.3 Å². The maximum absolute atomic E-state index is 13.7. The highest BCUT2D eigenvalue weighted by Crippen LogP contribution is 2.30. The topological polar surface area (TPSA) is 87.2 Å². The molecule has 2 heterocycles. The summed E-state index contributed by atoms with van der Waals surface area (Å²) in [4.78, 5) is 29.9. The third-order valence-electron chi connectivity index (χ3n) is 6.66. The predicted octanol–water partition coefficient (Wildman–Crippen LogP) is 2.77. The number of hydrogen-bond donors (Lipinski definition) is 0. The van der Waals surface area contributed by atoms with Gasteiger partial charge in [-0.05, 0) is 42.7 Å². The van der Waals surface area contributed by atoms with Crippen LogP contribution in [-0.4, -0.2) is 74.9 Å². The number of carbonyl (C=O) groups is 2. The number of hydrogen-bond acceptors (Lipinski definition) is 6. The van der Waals surface area contributed by atoms with Crippen LogP contribution in [0.4, 0.5) is 5.69 Å². The second-order valence-electron chi connectivity index (χ2n) is 9.42. The smallest absolute Gasteiger partial charge is 0.252 e. The van der Waals surface area contributed by atoms with Gasteiger partial charge in [0.25, 0.3) is 5.91 Å². The van der Waals surface area contributed by atoms with Crippen molar-refractivity contribution >= 4 is 27.5 Å². The van der Waals surface area contributed by atoms with Gasteiger partial charge in [0.15, 0.2) is 0 Å². The van der Waals surface area contributed by atoms with E-state index in [-0.39, 0.29) is 17.9 Å². The van der Waals surface area contributed by atoms with Crippen LogP contribution in [0.3, 0.4) is 0 Å². The SMILES string of the molecule is Cc1ccc(S(=O)(=O)N(CCN2CCOCC2)C2CC(=O)N(c3ccc(C(C)C)cc3)C2=O)cc1. The third kappa shape index (κ3) is 5.48. The first-order valence-corrected chi connectivity index (χ1v) is 13.5. The standard InChI is InChI=1S/C26H33N3O5S/c1-19(2)21-6-8-22(9-7-21)29-25(30)18-24(26(29)31)28(13-12-27-14-16-34-17-15-27)35(32,33)23-10-4-20(3)5-11-23/h4-11,19,24H,12-18H2,1-3H3. The van der Waals surface area contributed by atoms with Gasteiger partial charge in [0.05, 0.1) is 30.2 Å². The van der Waals surface area contributed by atoms with Crippen molar-refractivity contribution in [1.29, 1.82) is 0 Å². The van der Waals surface area contributed by atoms with Crippen LogP contribution in [0.2, 0.25) is 0 Å². The Morgan fingerprint density at radius 1 is 1.00 bits per heavy atom. The molecule has 188 valence electrons. The minimum atomic E-state index is -4.01. The number of carbonyl (C=O) groups excluding carboxylic acids is 2. The molecule has 2 fully saturated rings. The van der Waals surface area contributed by atoms with Gasteiger partial charge in [0, 0.05) is 26.2 Å². The van der Waals surface area contributed by atoms with E-state index < -0.39 is 27.9 Å². The van der Waals surface area contributed by atoms with Gasteiger partial charge < -0.3 is 4.74 Å². The van der Waals surface area contributed by atoms with Crippen LogP contribution >= 0.6 is 0 Å². The van der Waals surface area contributed by atoms with E-state index in [1.54, 1.807) is 36.4 Å². The molecular weight excluding hydrogens is 466 g/mol. The molecule has 2 aromatic carbocycles. The summed E-state index contributed by atoms with van der Waals surface area (Å²) in [6, 6.07) is 12.8. The Morgan fingerprint density at radius 3 is 2.23 bits per heavy atom. The number of amides is 2. The summed E-state index contributed by atoms with van der Waals surface area (Å²) >= 11 is 0. The number of ether oxygens (including phenoxy) is 1. The van der Waals surface area contributed by atoms with Crippen LogP contribution in [0.15, 0.2) is 53.4 Å². The lowest BCUT2D eigenvalue weighted by atomic mass is 10.0. The number of morpholine rings is 1. The first-order valence-electron chi connectivity index (χ1n) is 12.0. The fraction of sp³-hybridized carbons (Fsp3) is 0.462. The van der Waals surface area contributed by atoms with E-state index >= 15 is 0 Å². The van der Waals surface area contributed by atoms with Crippen molar-refractivity contribution in [2.75, 3.05) is 44.3 Å². The summed E-state index contributed by atoms with van der Waals surface area (Å²) in [6.45, 7) is 9.16. The first kappa shape index (κ1) is 25.5. The molecule has 2 aliphatic heterocycles. The second kappa shape index (κ2) is 10.6. The largest absolute Gasteiger partial charge is 0.379 e. The Balaban J connectivity index is 1.63. The van der Waals surface area contributed by atoms with Crippen molar-refractivity contribution in [3.8, 4) is 0 Å². The molecule has 0 saturated carbocycles. The minimum absolute atomic E-state index is 0.111. The zero-order valence-corrected chi connectivity index (χ0v) is 21.3. The molecule has 0 radical (unpaired) electrons. The molecule has 0 N–H and O–H groups in total. The van der Waals surface area contributed by atoms with Crippen LogP contribution in [0.5, 0.6) is 0 Å². The van der Waals surface area contributed by atoms with E-state index in [9.17, 15) is 18.0 Å². The Bertz CT molecular complexity index is 1160. The molecule has 1 atom stereocenters. The third-order valence-corrected chi connectivity index (χ3v) is 8.58. The minimum Gasteiger partial charge on any atom is -0.379 e. The van der Waals surface area contributed by atoms with Crippen molar-refractivity contribution in [2.24, 2.45) is 0 Å². The van der Waals surface area contributed by atoms with E-state index in [4.69, 9.17) is 4.74 Å². The van der Waals surface area contributed by atoms with E-state index in [0.29, 0.717) is 44.5 Å². The monoisotopic (exact) mass is 499 g/mol. The van der Waals surface area contributed by atoms with Gasteiger partial charge in [0.2, 0.25) is 15.9 Å². The van der Waals surface area contributed by atoms with E-state index in [1.807, 2.05) is 19.1 Å². The lowest BCUT2D eigenvalue weighted by Crippen LogP contribution is -2.49. The molecule has 0 aliphatic carbocycles. The van der Waals surface area contributed by atoms with Gasteiger partial charge in [0.1, 0.15) is 6.04 Å². The molecular formula is C26H33N3O5S. The highest BCUT2D eigenvalue weighted by atomic mass is 32.2. The Kier molecular flexibility index (Phi) is 7.70. The van der Waals surface area contributed by atoms with Crippen molar-refractivity contribution in [1.82, 2.24) is 9.21 Å². The first-order chi connectivity index (χ1) is 16.7. The lowest BCUT2D eigenvalue weighted by Gasteiger charge is -2.31. The maximum Gasteiger partial charge on any atom is 0.252 e. The summed E-state index contributed by atoms with van der Waals surface area (Å²) in [5.41, 5.74) is 2.50. The quantitative estimate of drug-likeness (QED) is 0.519. The molecule has 1 unspecified atom stereocenters. The number of benzene rings is 2. The Hall–Kier alpha value is -2.59. The average molecular weight is 500 g/mol. The van der Waals surface area contributed by atoms with Gasteiger partial charge in [-0.15, -0.1) is 0 Å². The van der Waals surface area contributed by atoms with Crippen molar-refractivity contribution in [3.63, 3.8) is 0 Å². The number of imide groups is 1. The van der Waals surface area contributed by atoms with Crippen molar-refractivity contribution < 1.29 is 22.7 Å². The number of aryl methyl sites for hydroxylation is 1. The van der Waals surface area contributed by atoms with Gasteiger partial charge in [-0.1, -0.05) is 43.7 Å². The summed E-state index contributed by atoms with van der Waals surface area (Å²) < 4.78 is 34.0. The molecule has 0 aromatic heterocycles. The van der Waals surface area contributed by atoms with Crippen LogP contribution in [-0.2, 0) is 24.3 Å². The zero-order valence-electron chi connectivity index (χ0n) is 20.5. The number of nitrogens with zero attached hydrogens (tertiary/aromatic N) is 3. The number of rotatable bonds is 8. The summed E-state index contributed by atoms with van der Waals surface area (Å²) in [5, 5.41) is 0. The normalized spacial score (nSPS) is 19.8. The zero-order chi connectivity index (χ0) is 25.2. The van der Waals surface area contributed by atoms with Gasteiger partial charge in [-0.25, -0.2) is 13.3 Å². The maximum atomic E-state index is 13.7. The van der Waals surface area contributed by atoms with Crippen LogP contribution < -0.4 is 4.90 Å². The Morgan fingerprint density at radius 2 is 1.63 bits per heavy atom.